The van der Waals surface area contributed by atoms with Crippen molar-refractivity contribution >= 4 is 21.4 Å². The summed E-state index contributed by atoms with van der Waals surface area (Å²) in [6, 6.07) is 1.88. The summed E-state index contributed by atoms with van der Waals surface area (Å²) in [5.41, 5.74) is 0. The van der Waals surface area contributed by atoms with Crippen LogP contribution in [0.2, 0.25) is 0 Å². The summed E-state index contributed by atoms with van der Waals surface area (Å²) < 4.78 is 32.7. The third-order valence-electron chi connectivity index (χ3n) is 2.83. The topological polar surface area (TPSA) is 67.4 Å². The lowest BCUT2D eigenvalue weighted by atomic mass is 10.3. The molecule has 7 heteroatoms. The third-order valence-corrected chi connectivity index (χ3v) is 5.72. The average molecular weight is 335 g/mol. The van der Waals surface area contributed by atoms with Gasteiger partial charge in [-0.25, -0.2) is 13.1 Å². The molecule has 2 N–H and O–H groups in total. The first-order valence-corrected chi connectivity index (χ1v) is 9.49. The second kappa shape index (κ2) is 8.24. The van der Waals surface area contributed by atoms with Gasteiger partial charge in [0.25, 0.3) is 0 Å². The van der Waals surface area contributed by atoms with Crippen LogP contribution in [-0.2, 0) is 21.3 Å². The van der Waals surface area contributed by atoms with Gasteiger partial charge in [-0.1, -0.05) is 13.8 Å². The van der Waals surface area contributed by atoms with Crippen LogP contribution in [0.3, 0.4) is 0 Å². The highest BCUT2D eigenvalue weighted by molar-refractivity contribution is 7.89. The first kappa shape index (κ1) is 18.6. The Morgan fingerprint density at radius 2 is 2.00 bits per heavy atom. The Morgan fingerprint density at radius 1 is 1.33 bits per heavy atom. The van der Waals surface area contributed by atoms with Crippen molar-refractivity contribution in [2.45, 2.75) is 58.1 Å². The Labute approximate surface area is 132 Å². The fourth-order valence-electron chi connectivity index (χ4n) is 1.84. The number of nitrogens with one attached hydrogen (secondary N) is 2. The van der Waals surface area contributed by atoms with E-state index in [1.54, 1.807) is 13.0 Å². The van der Waals surface area contributed by atoms with Crippen LogP contribution in [0.15, 0.2) is 11.0 Å². The summed E-state index contributed by atoms with van der Waals surface area (Å²) >= 11 is 1.52. The predicted molar refractivity (Wildman–Crippen MR) is 87.3 cm³/mol. The minimum absolute atomic E-state index is 0.244. The van der Waals surface area contributed by atoms with Gasteiger partial charge in [-0.05, 0) is 26.8 Å². The number of rotatable bonds is 9. The van der Waals surface area contributed by atoms with Crippen molar-refractivity contribution in [3.8, 4) is 0 Å². The molecule has 0 radical (unpaired) electrons. The molecule has 0 saturated carbocycles. The average Bonchev–Trinajstić information content (AvgIpc) is 2.75. The molecule has 1 rings (SSSR count). The summed E-state index contributed by atoms with van der Waals surface area (Å²) in [5, 5.41) is 3.30. The second-order valence-corrected chi connectivity index (χ2v) is 8.37. The van der Waals surface area contributed by atoms with Gasteiger partial charge in [0.2, 0.25) is 10.0 Å². The van der Waals surface area contributed by atoms with Gasteiger partial charge in [0.15, 0.2) is 0 Å². The Balaban J connectivity index is 2.78. The van der Waals surface area contributed by atoms with Crippen LogP contribution >= 0.6 is 11.3 Å². The zero-order chi connectivity index (χ0) is 16.0. The van der Waals surface area contributed by atoms with Gasteiger partial charge in [-0.15, -0.1) is 11.3 Å². The molecular formula is C14H26N2O3S2. The Bertz CT molecular complexity index is 538. The van der Waals surface area contributed by atoms with Crippen LogP contribution in [0.5, 0.6) is 0 Å². The molecule has 0 spiro atoms. The lowest BCUT2D eigenvalue weighted by Gasteiger charge is -2.13. The summed E-state index contributed by atoms with van der Waals surface area (Å²) in [5.74, 6) is 0. The van der Waals surface area contributed by atoms with Crippen LogP contribution in [0.25, 0.3) is 0 Å². The van der Waals surface area contributed by atoms with E-state index in [2.05, 4.69) is 23.9 Å². The van der Waals surface area contributed by atoms with E-state index in [9.17, 15) is 8.42 Å². The summed E-state index contributed by atoms with van der Waals surface area (Å²) in [6.07, 6.45) is 0. The number of aryl methyl sites for hydroxylation is 1. The smallest absolute Gasteiger partial charge is 0.241 e. The van der Waals surface area contributed by atoms with E-state index in [0.717, 1.165) is 9.75 Å². The molecule has 0 aromatic carbocycles. The second-order valence-electron chi connectivity index (χ2n) is 5.35. The van der Waals surface area contributed by atoms with Crippen molar-refractivity contribution in [1.29, 1.82) is 0 Å². The maximum absolute atomic E-state index is 12.4. The van der Waals surface area contributed by atoms with E-state index in [1.165, 1.54) is 11.3 Å². The molecule has 0 fully saturated rings. The molecular weight excluding hydrogens is 308 g/mol. The molecule has 1 heterocycles. The molecule has 0 bridgehead atoms. The fourth-order valence-corrected chi connectivity index (χ4v) is 4.65. The molecule has 1 aromatic rings. The van der Waals surface area contributed by atoms with Gasteiger partial charge in [-0.3, -0.25) is 0 Å². The van der Waals surface area contributed by atoms with Crippen molar-refractivity contribution in [2.75, 3.05) is 13.2 Å². The molecule has 1 atom stereocenters. The monoisotopic (exact) mass is 334 g/mol. The molecule has 0 aliphatic carbocycles. The van der Waals surface area contributed by atoms with E-state index in [1.807, 2.05) is 13.8 Å². The number of sulfonamides is 1. The van der Waals surface area contributed by atoms with Gasteiger partial charge in [0.05, 0.1) is 11.5 Å². The Morgan fingerprint density at radius 3 is 2.57 bits per heavy atom. The quantitative estimate of drug-likeness (QED) is 0.727. The molecule has 0 amide bonds. The molecule has 0 aliphatic heterocycles. The lowest BCUT2D eigenvalue weighted by molar-refractivity contribution is 0.133. The van der Waals surface area contributed by atoms with Crippen molar-refractivity contribution in [3.05, 3.63) is 15.8 Å². The molecule has 1 aromatic heterocycles. The third kappa shape index (κ3) is 6.04. The zero-order valence-electron chi connectivity index (χ0n) is 13.4. The first-order valence-electron chi connectivity index (χ1n) is 7.19. The van der Waals surface area contributed by atoms with Gasteiger partial charge in [0, 0.05) is 35.0 Å². The van der Waals surface area contributed by atoms with Crippen molar-refractivity contribution in [3.63, 3.8) is 0 Å². The van der Waals surface area contributed by atoms with Crippen LogP contribution in [0.4, 0.5) is 0 Å². The van der Waals surface area contributed by atoms with E-state index < -0.39 is 10.0 Å². The van der Waals surface area contributed by atoms with Gasteiger partial charge >= 0.3 is 0 Å². The molecule has 5 nitrogen and oxygen atoms in total. The van der Waals surface area contributed by atoms with Crippen LogP contribution in [0.1, 0.15) is 37.4 Å². The first-order chi connectivity index (χ1) is 9.76. The minimum atomic E-state index is -3.49. The molecule has 0 saturated heterocycles. The van der Waals surface area contributed by atoms with E-state index in [4.69, 9.17) is 4.74 Å². The number of hydrogen-bond donors (Lipinski definition) is 2. The van der Waals surface area contributed by atoms with E-state index >= 15 is 0 Å². The van der Waals surface area contributed by atoms with Crippen LogP contribution < -0.4 is 10.0 Å². The van der Waals surface area contributed by atoms with Gasteiger partial charge in [0.1, 0.15) is 0 Å². The maximum atomic E-state index is 12.4. The Hall–Kier alpha value is -0.470. The SMILES string of the molecule is CCOCC(C)NS(=O)(=O)c1cc(CNC(C)C)sc1C. The molecule has 0 aliphatic rings. The standard InChI is InChI=1S/C14H26N2O3S2/c1-6-19-9-11(4)16-21(17,18)14-7-13(20-12(14)5)8-15-10(2)3/h7,10-11,15-16H,6,8-9H2,1-5H3. The van der Waals surface area contributed by atoms with E-state index in [0.29, 0.717) is 30.7 Å². The number of hydrogen-bond acceptors (Lipinski definition) is 5. The van der Waals surface area contributed by atoms with Crippen molar-refractivity contribution < 1.29 is 13.2 Å². The maximum Gasteiger partial charge on any atom is 0.241 e. The van der Waals surface area contributed by atoms with Crippen molar-refractivity contribution in [1.82, 2.24) is 10.0 Å². The predicted octanol–water partition coefficient (Wildman–Crippen LogP) is 2.26. The number of thiophene rings is 1. The summed E-state index contributed by atoms with van der Waals surface area (Å²) in [7, 11) is -3.49. The normalized spacial score (nSPS) is 13.8. The lowest BCUT2D eigenvalue weighted by Crippen LogP contribution is -2.36. The van der Waals surface area contributed by atoms with Gasteiger partial charge in [-0.2, -0.15) is 0 Å². The Kier molecular flexibility index (Phi) is 7.29. The number of ether oxygens (including phenoxy) is 1. The highest BCUT2D eigenvalue weighted by atomic mass is 32.2. The highest BCUT2D eigenvalue weighted by Crippen LogP contribution is 2.25. The fraction of sp³-hybridized carbons (Fsp3) is 0.714. The molecule has 122 valence electrons. The molecule has 1 unspecified atom stereocenters. The summed E-state index contributed by atoms with van der Waals surface area (Å²) in [6.45, 7) is 11.3. The van der Waals surface area contributed by atoms with Crippen molar-refractivity contribution in [2.24, 2.45) is 0 Å². The zero-order valence-corrected chi connectivity index (χ0v) is 15.0. The minimum Gasteiger partial charge on any atom is -0.380 e. The largest absolute Gasteiger partial charge is 0.380 e. The van der Waals surface area contributed by atoms with E-state index in [-0.39, 0.29) is 6.04 Å². The highest BCUT2D eigenvalue weighted by Gasteiger charge is 2.22. The van der Waals surface area contributed by atoms with Crippen LogP contribution in [-0.4, -0.2) is 33.7 Å². The van der Waals surface area contributed by atoms with Gasteiger partial charge < -0.3 is 10.1 Å². The summed E-state index contributed by atoms with van der Waals surface area (Å²) in [4.78, 5) is 2.21. The van der Waals surface area contributed by atoms with Crippen LogP contribution in [0, 0.1) is 6.92 Å². The molecule has 21 heavy (non-hydrogen) atoms.